The van der Waals surface area contributed by atoms with Crippen molar-refractivity contribution in [2.75, 3.05) is 5.73 Å². The Morgan fingerprint density at radius 2 is 2.00 bits per heavy atom. The maximum absolute atomic E-state index is 6.17. The highest BCUT2D eigenvalue weighted by molar-refractivity contribution is 5.77. The largest absolute Gasteiger partial charge is 0.369 e. The van der Waals surface area contributed by atoms with Gasteiger partial charge in [0.2, 0.25) is 5.95 Å². The lowest BCUT2D eigenvalue weighted by Crippen LogP contribution is -2.15. The summed E-state index contributed by atoms with van der Waals surface area (Å²) in [6.07, 6.45) is 7.21. The fourth-order valence-corrected chi connectivity index (χ4v) is 3.35. The monoisotopic (exact) mass is 275 g/mol. The molecular formula is C15H25N5. The van der Waals surface area contributed by atoms with Crippen LogP contribution in [0.3, 0.4) is 0 Å². The van der Waals surface area contributed by atoms with Gasteiger partial charge < -0.3 is 5.73 Å². The van der Waals surface area contributed by atoms with Crippen LogP contribution < -0.4 is 5.73 Å². The Bertz CT molecular complexity index is 618. The van der Waals surface area contributed by atoms with Gasteiger partial charge in [-0.3, -0.25) is 9.25 Å². The third-order valence-electron chi connectivity index (χ3n) is 4.54. The molecule has 3 rings (SSSR count). The highest BCUT2D eigenvalue weighted by Crippen LogP contribution is 2.51. The van der Waals surface area contributed by atoms with Gasteiger partial charge in [0.25, 0.3) is 0 Å². The molecule has 0 aromatic carbocycles. The van der Waals surface area contributed by atoms with E-state index in [0.29, 0.717) is 11.4 Å². The summed E-state index contributed by atoms with van der Waals surface area (Å²) in [6, 6.07) is 0. The summed E-state index contributed by atoms with van der Waals surface area (Å²) >= 11 is 0. The van der Waals surface area contributed by atoms with Crippen molar-refractivity contribution in [3.05, 3.63) is 5.69 Å². The third kappa shape index (κ3) is 2.09. The lowest BCUT2D eigenvalue weighted by atomic mass is 10.0. The molecular weight excluding hydrogens is 250 g/mol. The fraction of sp³-hybridized carbons (Fsp3) is 0.733. The van der Waals surface area contributed by atoms with Crippen molar-refractivity contribution in [2.24, 2.45) is 12.5 Å². The molecule has 110 valence electrons. The molecule has 20 heavy (non-hydrogen) atoms. The number of rotatable bonds is 6. The standard InChI is InChI=1S/C15H25N5/c1-4-6-11-12-13(19(3)18-11)20(14(16)17-12)10-15(7-5-2)8-9-15/h4-10H2,1-3H3,(H2,16,17). The van der Waals surface area contributed by atoms with Crippen LogP contribution in [0.1, 0.15) is 51.6 Å². The predicted octanol–water partition coefficient (Wildman–Crippen LogP) is 2.88. The van der Waals surface area contributed by atoms with Gasteiger partial charge in [-0.1, -0.05) is 26.7 Å². The van der Waals surface area contributed by atoms with Crippen molar-refractivity contribution in [1.29, 1.82) is 0 Å². The van der Waals surface area contributed by atoms with Gasteiger partial charge in [-0.2, -0.15) is 5.10 Å². The van der Waals surface area contributed by atoms with Crippen LogP contribution >= 0.6 is 0 Å². The number of aromatic nitrogens is 4. The van der Waals surface area contributed by atoms with Crippen molar-refractivity contribution < 1.29 is 0 Å². The number of hydrogen-bond donors (Lipinski definition) is 1. The van der Waals surface area contributed by atoms with E-state index in [2.05, 4.69) is 28.5 Å². The molecule has 5 heteroatoms. The van der Waals surface area contributed by atoms with Crippen LogP contribution in [0.2, 0.25) is 0 Å². The zero-order chi connectivity index (χ0) is 14.3. The number of nitrogen functional groups attached to an aromatic ring is 1. The van der Waals surface area contributed by atoms with Crippen LogP contribution in [0, 0.1) is 5.41 Å². The lowest BCUT2D eigenvalue weighted by Gasteiger charge is -2.16. The molecule has 2 aromatic heterocycles. The predicted molar refractivity (Wildman–Crippen MR) is 81.5 cm³/mol. The highest BCUT2D eigenvalue weighted by Gasteiger charge is 2.42. The van der Waals surface area contributed by atoms with E-state index in [1.807, 2.05) is 11.7 Å². The van der Waals surface area contributed by atoms with Gasteiger partial charge in [-0.25, -0.2) is 4.98 Å². The number of imidazole rings is 1. The molecule has 1 saturated carbocycles. The maximum Gasteiger partial charge on any atom is 0.202 e. The molecule has 2 N–H and O–H groups in total. The number of hydrogen-bond acceptors (Lipinski definition) is 3. The number of nitrogens with two attached hydrogens (primary N) is 1. The van der Waals surface area contributed by atoms with E-state index in [-0.39, 0.29) is 0 Å². The Morgan fingerprint density at radius 1 is 1.25 bits per heavy atom. The van der Waals surface area contributed by atoms with Gasteiger partial charge in [-0.05, 0) is 31.1 Å². The number of aryl methyl sites for hydroxylation is 2. The molecule has 2 aromatic rings. The Hall–Kier alpha value is -1.52. The van der Waals surface area contributed by atoms with Crippen LogP contribution in [-0.4, -0.2) is 19.3 Å². The first-order valence-corrected chi connectivity index (χ1v) is 7.78. The normalized spacial score (nSPS) is 16.9. The highest BCUT2D eigenvalue weighted by atomic mass is 15.3. The molecule has 0 amide bonds. The second-order valence-corrected chi connectivity index (χ2v) is 6.30. The first-order valence-electron chi connectivity index (χ1n) is 7.78. The molecule has 0 bridgehead atoms. The van der Waals surface area contributed by atoms with E-state index >= 15 is 0 Å². The molecule has 0 aliphatic heterocycles. The summed E-state index contributed by atoms with van der Waals surface area (Å²) in [5, 5.41) is 4.62. The lowest BCUT2D eigenvalue weighted by molar-refractivity contribution is 0.393. The van der Waals surface area contributed by atoms with Crippen LogP contribution in [0.5, 0.6) is 0 Å². The van der Waals surface area contributed by atoms with Crippen molar-refractivity contribution >= 4 is 17.1 Å². The van der Waals surface area contributed by atoms with Crippen LogP contribution in [0.4, 0.5) is 5.95 Å². The number of anilines is 1. The van der Waals surface area contributed by atoms with Crippen LogP contribution in [0.15, 0.2) is 0 Å². The molecule has 0 spiro atoms. The van der Waals surface area contributed by atoms with Gasteiger partial charge in [0.05, 0.1) is 5.69 Å². The van der Waals surface area contributed by atoms with Crippen molar-refractivity contribution in [3.8, 4) is 0 Å². The molecule has 5 nitrogen and oxygen atoms in total. The maximum atomic E-state index is 6.17. The second kappa shape index (κ2) is 4.79. The van der Waals surface area contributed by atoms with Gasteiger partial charge >= 0.3 is 0 Å². The minimum atomic E-state index is 0.464. The summed E-state index contributed by atoms with van der Waals surface area (Å²) in [4.78, 5) is 4.58. The Kier molecular flexibility index (Phi) is 3.22. The van der Waals surface area contributed by atoms with Crippen molar-refractivity contribution in [2.45, 2.75) is 58.9 Å². The topological polar surface area (TPSA) is 61.7 Å². The second-order valence-electron chi connectivity index (χ2n) is 6.30. The van der Waals surface area contributed by atoms with Gasteiger partial charge in [0.1, 0.15) is 5.52 Å². The third-order valence-corrected chi connectivity index (χ3v) is 4.54. The van der Waals surface area contributed by atoms with E-state index < -0.39 is 0 Å². The molecule has 1 aliphatic carbocycles. The average Bonchev–Trinajstić information content (AvgIpc) is 2.99. The molecule has 0 radical (unpaired) electrons. The SMILES string of the molecule is CCCc1nn(C)c2c1nc(N)n2CC1(CCC)CC1. The minimum Gasteiger partial charge on any atom is -0.369 e. The molecule has 0 atom stereocenters. The van der Waals surface area contributed by atoms with Gasteiger partial charge in [0, 0.05) is 13.6 Å². The van der Waals surface area contributed by atoms with E-state index in [1.165, 1.54) is 25.7 Å². The first-order chi connectivity index (χ1) is 9.60. The summed E-state index contributed by atoms with van der Waals surface area (Å²) in [6.45, 7) is 5.42. The Morgan fingerprint density at radius 3 is 2.60 bits per heavy atom. The van der Waals surface area contributed by atoms with Crippen molar-refractivity contribution in [1.82, 2.24) is 19.3 Å². The Labute approximate surface area is 120 Å². The average molecular weight is 275 g/mol. The van der Waals surface area contributed by atoms with E-state index in [1.54, 1.807) is 0 Å². The number of fused-ring (bicyclic) bond motifs is 1. The number of nitrogens with zero attached hydrogens (tertiary/aromatic N) is 4. The molecule has 0 unspecified atom stereocenters. The smallest absolute Gasteiger partial charge is 0.202 e. The zero-order valence-corrected chi connectivity index (χ0v) is 12.8. The van der Waals surface area contributed by atoms with Crippen molar-refractivity contribution in [3.63, 3.8) is 0 Å². The quantitative estimate of drug-likeness (QED) is 0.881. The Balaban J connectivity index is 2.00. The van der Waals surface area contributed by atoms with E-state index in [9.17, 15) is 0 Å². The van der Waals surface area contributed by atoms with Crippen LogP contribution in [-0.2, 0) is 20.0 Å². The van der Waals surface area contributed by atoms with E-state index in [0.717, 1.165) is 36.2 Å². The molecule has 0 saturated heterocycles. The minimum absolute atomic E-state index is 0.464. The van der Waals surface area contributed by atoms with Gasteiger partial charge in [0.15, 0.2) is 5.65 Å². The summed E-state index contributed by atoms with van der Waals surface area (Å²) in [5.41, 5.74) is 9.81. The molecule has 2 heterocycles. The first kappa shape index (κ1) is 13.5. The molecule has 1 aliphatic rings. The zero-order valence-electron chi connectivity index (χ0n) is 12.8. The fourth-order valence-electron chi connectivity index (χ4n) is 3.35. The van der Waals surface area contributed by atoms with Crippen LogP contribution in [0.25, 0.3) is 11.2 Å². The summed E-state index contributed by atoms with van der Waals surface area (Å²) < 4.78 is 4.13. The van der Waals surface area contributed by atoms with E-state index in [4.69, 9.17) is 5.73 Å². The molecule has 1 fully saturated rings. The summed E-state index contributed by atoms with van der Waals surface area (Å²) in [5.74, 6) is 0.646. The summed E-state index contributed by atoms with van der Waals surface area (Å²) in [7, 11) is 2.00. The van der Waals surface area contributed by atoms with Gasteiger partial charge in [-0.15, -0.1) is 0 Å².